The molecule has 1 unspecified atom stereocenters. The lowest BCUT2D eigenvalue weighted by Gasteiger charge is -2.25. The van der Waals surface area contributed by atoms with Crippen LogP contribution in [-0.2, 0) is 0 Å². The summed E-state index contributed by atoms with van der Waals surface area (Å²) in [4.78, 5) is 4.40. The van der Waals surface area contributed by atoms with Gasteiger partial charge in [-0.25, -0.2) is 0 Å². The van der Waals surface area contributed by atoms with Gasteiger partial charge in [0, 0.05) is 19.7 Å². The summed E-state index contributed by atoms with van der Waals surface area (Å²) in [6.07, 6.45) is 5.91. The third kappa shape index (κ3) is 6.24. The zero-order valence-electron chi connectivity index (χ0n) is 11.9. The van der Waals surface area contributed by atoms with Crippen LogP contribution in [-0.4, -0.2) is 30.8 Å². The molecule has 0 aromatic rings. The second kappa shape index (κ2) is 8.35. The molecule has 4 nitrogen and oxygen atoms in total. The lowest BCUT2D eigenvalue weighted by atomic mass is 9.85. The number of aliphatic imine (C=N–C) groups is 1. The van der Waals surface area contributed by atoms with E-state index in [1.54, 1.807) is 0 Å². The third-order valence-electron chi connectivity index (χ3n) is 3.66. The van der Waals surface area contributed by atoms with Gasteiger partial charge in [-0.2, -0.15) is 0 Å². The quantitative estimate of drug-likeness (QED) is 0.457. The standard InChI is InChI=1S/C14H29N3O/c1-11(2)8-13(6-7-18)10-17-14(15)16-9-12-4-3-5-12/h11-13,18H,3-10H2,1-2H3,(H3,15,16,17). The Hall–Kier alpha value is -0.770. The highest BCUT2D eigenvalue weighted by atomic mass is 16.3. The highest BCUT2D eigenvalue weighted by Crippen LogP contribution is 2.25. The monoisotopic (exact) mass is 255 g/mol. The second-order valence-corrected chi connectivity index (χ2v) is 5.91. The molecule has 0 aliphatic heterocycles. The molecular weight excluding hydrogens is 226 g/mol. The number of rotatable bonds is 8. The third-order valence-corrected chi connectivity index (χ3v) is 3.66. The Morgan fingerprint density at radius 3 is 2.67 bits per heavy atom. The van der Waals surface area contributed by atoms with E-state index in [2.05, 4.69) is 24.2 Å². The Kier molecular flexibility index (Phi) is 7.09. The van der Waals surface area contributed by atoms with Crippen LogP contribution in [0.5, 0.6) is 0 Å². The zero-order chi connectivity index (χ0) is 13.4. The first-order valence-corrected chi connectivity index (χ1v) is 7.26. The van der Waals surface area contributed by atoms with Gasteiger partial charge in [-0.3, -0.25) is 4.99 Å². The van der Waals surface area contributed by atoms with E-state index in [0.29, 0.717) is 17.8 Å². The van der Waals surface area contributed by atoms with Gasteiger partial charge in [-0.05, 0) is 43.4 Å². The molecule has 0 heterocycles. The van der Waals surface area contributed by atoms with E-state index in [-0.39, 0.29) is 6.61 Å². The predicted molar refractivity (Wildman–Crippen MR) is 76.5 cm³/mol. The average Bonchev–Trinajstić information content (AvgIpc) is 2.23. The van der Waals surface area contributed by atoms with Crippen LogP contribution in [0.2, 0.25) is 0 Å². The summed E-state index contributed by atoms with van der Waals surface area (Å²) in [6.45, 7) is 6.33. The van der Waals surface area contributed by atoms with Crippen LogP contribution in [0.4, 0.5) is 0 Å². The minimum absolute atomic E-state index is 0.238. The molecule has 4 heteroatoms. The number of nitrogens with zero attached hydrogens (tertiary/aromatic N) is 1. The maximum Gasteiger partial charge on any atom is 0.188 e. The van der Waals surface area contributed by atoms with E-state index in [0.717, 1.165) is 31.8 Å². The fourth-order valence-corrected chi connectivity index (χ4v) is 2.36. The van der Waals surface area contributed by atoms with Gasteiger partial charge in [0.2, 0.25) is 0 Å². The summed E-state index contributed by atoms with van der Waals surface area (Å²) >= 11 is 0. The molecule has 1 fully saturated rings. The molecule has 0 amide bonds. The molecule has 0 radical (unpaired) electrons. The van der Waals surface area contributed by atoms with Gasteiger partial charge < -0.3 is 16.2 Å². The van der Waals surface area contributed by atoms with Crippen molar-refractivity contribution in [3.05, 3.63) is 0 Å². The van der Waals surface area contributed by atoms with Gasteiger partial charge in [0.25, 0.3) is 0 Å². The minimum Gasteiger partial charge on any atom is -0.396 e. The van der Waals surface area contributed by atoms with Crippen molar-refractivity contribution >= 4 is 5.96 Å². The normalized spacial score (nSPS) is 18.8. The Morgan fingerprint density at radius 2 is 2.17 bits per heavy atom. The van der Waals surface area contributed by atoms with Crippen LogP contribution in [0, 0.1) is 17.8 Å². The second-order valence-electron chi connectivity index (χ2n) is 5.91. The smallest absolute Gasteiger partial charge is 0.188 e. The van der Waals surface area contributed by atoms with Crippen molar-refractivity contribution in [3.8, 4) is 0 Å². The first-order valence-electron chi connectivity index (χ1n) is 7.26. The van der Waals surface area contributed by atoms with Crippen LogP contribution in [0.1, 0.15) is 46.0 Å². The number of hydrogen-bond acceptors (Lipinski definition) is 2. The lowest BCUT2D eigenvalue weighted by molar-refractivity contribution is 0.245. The molecule has 0 saturated heterocycles. The fraction of sp³-hybridized carbons (Fsp3) is 0.929. The SMILES string of the molecule is CC(C)CC(CCO)CN=C(N)NCC1CCC1. The highest BCUT2D eigenvalue weighted by Gasteiger charge is 2.17. The van der Waals surface area contributed by atoms with Crippen LogP contribution in [0.3, 0.4) is 0 Å². The summed E-state index contributed by atoms with van der Waals surface area (Å²) in [6, 6.07) is 0. The van der Waals surface area contributed by atoms with Gasteiger partial charge in [-0.1, -0.05) is 20.3 Å². The van der Waals surface area contributed by atoms with E-state index < -0.39 is 0 Å². The molecule has 1 saturated carbocycles. The molecule has 4 N–H and O–H groups in total. The summed E-state index contributed by atoms with van der Waals surface area (Å²) < 4.78 is 0. The number of guanidine groups is 1. The first-order chi connectivity index (χ1) is 8.61. The molecule has 0 aromatic carbocycles. The summed E-state index contributed by atoms with van der Waals surface area (Å²) in [5, 5.41) is 12.2. The zero-order valence-corrected chi connectivity index (χ0v) is 11.9. The molecule has 1 aliphatic carbocycles. The van der Waals surface area contributed by atoms with Gasteiger partial charge >= 0.3 is 0 Å². The van der Waals surface area contributed by atoms with Gasteiger partial charge in [0.1, 0.15) is 0 Å². The predicted octanol–water partition coefficient (Wildman–Crippen LogP) is 1.74. The highest BCUT2D eigenvalue weighted by molar-refractivity contribution is 5.77. The Bertz CT molecular complexity index is 249. The van der Waals surface area contributed by atoms with Crippen molar-refractivity contribution in [1.29, 1.82) is 0 Å². The molecule has 1 aliphatic rings. The van der Waals surface area contributed by atoms with Crippen molar-refractivity contribution in [1.82, 2.24) is 5.32 Å². The molecule has 1 rings (SSSR count). The fourth-order valence-electron chi connectivity index (χ4n) is 2.36. The largest absolute Gasteiger partial charge is 0.396 e. The van der Waals surface area contributed by atoms with Crippen molar-refractivity contribution in [2.45, 2.75) is 46.0 Å². The summed E-state index contributed by atoms with van der Waals surface area (Å²) in [7, 11) is 0. The molecule has 18 heavy (non-hydrogen) atoms. The summed E-state index contributed by atoms with van der Waals surface area (Å²) in [5.74, 6) is 2.44. The van der Waals surface area contributed by atoms with Crippen molar-refractivity contribution in [2.24, 2.45) is 28.5 Å². The van der Waals surface area contributed by atoms with E-state index in [9.17, 15) is 0 Å². The Morgan fingerprint density at radius 1 is 1.44 bits per heavy atom. The number of aliphatic hydroxyl groups is 1. The number of hydrogen-bond donors (Lipinski definition) is 3. The molecule has 0 aromatic heterocycles. The van der Waals surface area contributed by atoms with E-state index >= 15 is 0 Å². The number of nitrogens with two attached hydrogens (primary N) is 1. The lowest BCUT2D eigenvalue weighted by Crippen LogP contribution is -2.37. The van der Waals surface area contributed by atoms with E-state index in [4.69, 9.17) is 10.8 Å². The van der Waals surface area contributed by atoms with Crippen LogP contribution in [0.25, 0.3) is 0 Å². The Balaban J connectivity index is 2.23. The van der Waals surface area contributed by atoms with Crippen molar-refractivity contribution in [2.75, 3.05) is 19.7 Å². The van der Waals surface area contributed by atoms with Crippen LogP contribution in [0.15, 0.2) is 4.99 Å². The van der Waals surface area contributed by atoms with Gasteiger partial charge in [0.05, 0.1) is 0 Å². The topological polar surface area (TPSA) is 70.6 Å². The van der Waals surface area contributed by atoms with Gasteiger partial charge in [-0.15, -0.1) is 0 Å². The van der Waals surface area contributed by atoms with Crippen LogP contribution >= 0.6 is 0 Å². The van der Waals surface area contributed by atoms with Crippen LogP contribution < -0.4 is 11.1 Å². The average molecular weight is 255 g/mol. The molecule has 106 valence electrons. The molecule has 1 atom stereocenters. The van der Waals surface area contributed by atoms with Gasteiger partial charge in [0.15, 0.2) is 5.96 Å². The van der Waals surface area contributed by atoms with E-state index in [1.165, 1.54) is 19.3 Å². The maximum atomic E-state index is 9.04. The first kappa shape index (κ1) is 15.3. The molecule has 0 bridgehead atoms. The minimum atomic E-state index is 0.238. The number of aliphatic hydroxyl groups excluding tert-OH is 1. The number of nitrogens with one attached hydrogen (secondary N) is 1. The van der Waals surface area contributed by atoms with E-state index in [1.807, 2.05) is 0 Å². The van der Waals surface area contributed by atoms with Crippen molar-refractivity contribution < 1.29 is 5.11 Å². The maximum absolute atomic E-state index is 9.04. The summed E-state index contributed by atoms with van der Waals surface area (Å²) in [5.41, 5.74) is 5.85. The Labute approximate surface area is 111 Å². The molecule has 0 spiro atoms. The molecular formula is C14H29N3O. The van der Waals surface area contributed by atoms with Crippen molar-refractivity contribution in [3.63, 3.8) is 0 Å².